The van der Waals surface area contributed by atoms with E-state index in [2.05, 4.69) is 6.92 Å². The summed E-state index contributed by atoms with van der Waals surface area (Å²) >= 11 is 0. The van der Waals surface area contributed by atoms with Gasteiger partial charge in [-0.3, -0.25) is 0 Å². The van der Waals surface area contributed by atoms with Crippen LogP contribution in [-0.4, -0.2) is 7.85 Å². The Morgan fingerprint density at radius 3 is 2.00 bits per heavy atom. The molecule has 0 spiro atoms. The Hall–Kier alpha value is -0.935. The summed E-state index contributed by atoms with van der Waals surface area (Å²) in [7, 11) is 5.21. The van der Waals surface area contributed by atoms with Crippen LogP contribution in [0.5, 0.6) is 0 Å². The maximum atomic E-state index is 5.21. The average Bonchev–Trinajstić information content (AvgIpc) is 1.61. The minimum atomic E-state index is 0. The molecule has 0 heterocycles. The van der Waals surface area contributed by atoms with Gasteiger partial charge in [0.2, 0.25) is 0 Å². The first kappa shape index (κ1) is 9.42. The summed E-state index contributed by atoms with van der Waals surface area (Å²) in [5.74, 6) is 0. The van der Waals surface area contributed by atoms with Crippen molar-refractivity contribution in [3.05, 3.63) is 0 Å². The van der Waals surface area contributed by atoms with Gasteiger partial charge in [0, 0.05) is 0 Å². The Morgan fingerprint density at radius 2 is 1.86 bits per heavy atom. The van der Waals surface area contributed by atoms with E-state index in [1.165, 1.54) is 19.3 Å². The molecule has 0 aliphatic rings. The van der Waals surface area contributed by atoms with Crippen LogP contribution in [0.2, 0.25) is 6.32 Å². The zero-order valence-corrected chi connectivity index (χ0v) is 11.5. The molecule has 0 aliphatic carbocycles. The smallest absolute Gasteiger partial charge is 0.0653 e. The molecule has 0 unspecified atom stereocenters. The Labute approximate surface area is 41.4 Å². The van der Waals surface area contributed by atoms with E-state index < -0.39 is 0 Å². The maximum Gasteiger partial charge on any atom is 0.0653 e. The zero-order chi connectivity index (χ0) is 4.83. The van der Waals surface area contributed by atoms with Crippen LogP contribution in [0.3, 0.4) is 0 Å². The van der Waals surface area contributed by atoms with Crippen molar-refractivity contribution in [2.45, 2.75) is 32.5 Å². The standard InChI is InChI=1S/C5H11B.Rf/c1-2-3-4-5-6;/h2-5H2,1H3;. The second-order valence-electron chi connectivity index (χ2n) is 1.50. The topological polar surface area (TPSA) is 0 Å². The van der Waals surface area contributed by atoms with Crippen molar-refractivity contribution >= 4 is 7.85 Å². The molecular formula is C5H11BRf. The van der Waals surface area contributed by atoms with E-state index in [1.54, 1.807) is 0 Å². The van der Waals surface area contributed by atoms with Gasteiger partial charge in [-0.2, -0.15) is 0 Å². The fourth-order valence-corrected chi connectivity index (χ4v) is 0.394. The molecule has 0 N–H and O–H groups in total. The van der Waals surface area contributed by atoms with Gasteiger partial charge in [0.05, 0.1) is 7.85 Å². The largest absolute Gasteiger partial charge is 0.0887 e. The van der Waals surface area contributed by atoms with Crippen molar-refractivity contribution in [1.82, 2.24) is 0 Å². The Balaban J connectivity index is 0. The van der Waals surface area contributed by atoms with E-state index in [0.29, 0.717) is 0 Å². The van der Waals surface area contributed by atoms with Crippen LogP contribution in [0.4, 0.5) is 0 Å². The molecule has 0 saturated carbocycles. The molecule has 0 fully saturated rings. The maximum absolute atomic E-state index is 5.21. The van der Waals surface area contributed by atoms with Gasteiger partial charge in [0.15, 0.2) is 0 Å². The summed E-state index contributed by atoms with van der Waals surface area (Å²) in [5.41, 5.74) is 0. The van der Waals surface area contributed by atoms with Gasteiger partial charge < -0.3 is 0 Å². The average molecular weight is 349 g/mol. The monoisotopic (exact) mass is 349 g/mol. The Kier molecular flexibility index (Phi) is 12.0. The van der Waals surface area contributed by atoms with E-state index >= 15 is 0 Å². The van der Waals surface area contributed by atoms with Gasteiger partial charge in [-0.05, 0) is 0 Å². The number of unbranched alkanes of at least 4 members (excludes halogenated alkanes) is 2. The summed E-state index contributed by atoms with van der Waals surface area (Å²) in [6.07, 6.45) is 4.61. The summed E-state index contributed by atoms with van der Waals surface area (Å²) in [6, 6.07) is 0. The third kappa shape index (κ3) is 11.2. The molecular weight excluding hydrogens is 338 g/mol. The predicted molar refractivity (Wildman–Crippen MR) is 30.1 cm³/mol. The SMILES string of the molecule is [B]CCCCC.[Rf]. The van der Waals surface area contributed by atoms with Crippen molar-refractivity contribution in [3.63, 3.8) is 0 Å². The molecule has 0 aromatic carbocycles. The van der Waals surface area contributed by atoms with Gasteiger partial charge in [0.25, 0.3) is 0 Å². The molecule has 0 aromatic rings. The van der Waals surface area contributed by atoms with Crippen LogP contribution >= 0.6 is 0 Å². The van der Waals surface area contributed by atoms with E-state index in [4.69, 9.17) is 7.85 Å². The summed E-state index contributed by atoms with van der Waals surface area (Å²) in [5, 5.41) is 0. The molecule has 36 valence electrons. The van der Waals surface area contributed by atoms with Crippen LogP contribution in [0.1, 0.15) is 26.2 Å². The van der Waals surface area contributed by atoms with Gasteiger partial charge in [-0.15, -0.1) is 0 Å². The Bertz CT molecular complexity index is 20.0. The van der Waals surface area contributed by atoms with Crippen LogP contribution in [0, 0.1) is 0 Å². The molecule has 2 radical (unpaired) electrons. The quantitative estimate of drug-likeness (QED) is 0.538. The normalized spacial score (nSPS) is 7.57. The van der Waals surface area contributed by atoms with Crippen molar-refractivity contribution < 1.29 is 0 Å². The van der Waals surface area contributed by atoms with Gasteiger partial charge in [-0.25, -0.2) is 0 Å². The second kappa shape index (κ2) is 8.91. The van der Waals surface area contributed by atoms with E-state index in [1.807, 2.05) is 0 Å². The second-order valence-corrected chi connectivity index (χ2v) is 1.50. The molecule has 7 heavy (non-hydrogen) atoms. The molecule has 0 bridgehead atoms. The number of hydrogen-bond donors (Lipinski definition) is 0. The van der Waals surface area contributed by atoms with E-state index in [9.17, 15) is 0 Å². The van der Waals surface area contributed by atoms with Gasteiger partial charge >= 0.3 is 0 Å². The summed E-state index contributed by atoms with van der Waals surface area (Å²) in [4.78, 5) is 0. The van der Waals surface area contributed by atoms with Crippen LogP contribution in [0.15, 0.2) is 0 Å². The van der Waals surface area contributed by atoms with Gasteiger partial charge in [-0.1, -0.05) is 32.5 Å². The molecule has 2 heteroatoms. The third-order valence-electron chi connectivity index (χ3n) is 0.808. The van der Waals surface area contributed by atoms with Crippen LogP contribution in [0.25, 0.3) is 0 Å². The van der Waals surface area contributed by atoms with Crippen LogP contribution in [-0.2, 0) is 0 Å². The zero-order valence-electron chi connectivity index (χ0n) is 5.11. The Morgan fingerprint density at radius 1 is 1.29 bits per heavy atom. The third-order valence-corrected chi connectivity index (χ3v) is 0.808. The fraction of sp³-hybridized carbons (Fsp3) is 1.00. The first-order chi connectivity index (χ1) is 2.91. The fourth-order valence-electron chi connectivity index (χ4n) is 0.394. The van der Waals surface area contributed by atoms with Crippen LogP contribution < -0.4 is 0 Å². The minimum Gasteiger partial charge on any atom is -0.0887 e. The first-order valence-corrected chi connectivity index (χ1v) is 2.62. The van der Waals surface area contributed by atoms with Gasteiger partial charge in [0.1, 0.15) is 0 Å². The predicted octanol–water partition coefficient (Wildman–Crippen LogP) is 1.76. The molecule has 0 aliphatic heterocycles. The first-order valence-electron chi connectivity index (χ1n) is 2.62. The van der Waals surface area contributed by atoms with Crippen molar-refractivity contribution in [2.24, 2.45) is 0 Å². The number of hydrogen-bond acceptors (Lipinski definition) is 0. The van der Waals surface area contributed by atoms with E-state index in [0.717, 1.165) is 6.32 Å². The molecule has 0 atom stereocenters. The summed E-state index contributed by atoms with van der Waals surface area (Å²) in [6.45, 7) is 2.18. The molecule has 0 saturated heterocycles. The minimum absolute atomic E-state index is 0. The molecule has 0 nitrogen and oxygen atoms in total. The van der Waals surface area contributed by atoms with Crippen molar-refractivity contribution in [1.29, 1.82) is 0 Å². The van der Waals surface area contributed by atoms with Crippen molar-refractivity contribution in [2.75, 3.05) is 0 Å². The van der Waals surface area contributed by atoms with Crippen molar-refractivity contribution in [3.8, 4) is 0 Å². The number of rotatable bonds is 3. The molecule has 0 rings (SSSR count). The summed E-state index contributed by atoms with van der Waals surface area (Å²) < 4.78 is 0. The molecule has 0 amide bonds. The molecule has 0 aromatic heterocycles. The van der Waals surface area contributed by atoms with E-state index in [-0.39, 0.29) is 0 Å².